The molecule has 178 valence electrons. The van der Waals surface area contributed by atoms with Crippen LogP contribution in [0.3, 0.4) is 0 Å². The summed E-state index contributed by atoms with van der Waals surface area (Å²) in [5.41, 5.74) is 8.59. The van der Waals surface area contributed by atoms with Crippen molar-refractivity contribution in [3.63, 3.8) is 0 Å². The Bertz CT molecular complexity index is 1350. The van der Waals surface area contributed by atoms with Gasteiger partial charge in [-0.05, 0) is 62.8 Å². The van der Waals surface area contributed by atoms with Crippen LogP contribution in [0.1, 0.15) is 40.1 Å². The number of piperazine rings is 1. The SMILES string of the molecule is Cc1nc(-c2c3ncnn(N4CCN(CC#Cc5ccccc5)CC4)c-3c3c2CCCC3)sc1C. The summed E-state index contributed by atoms with van der Waals surface area (Å²) in [5, 5.41) is 8.25. The Morgan fingerprint density at radius 1 is 0.971 bits per heavy atom. The summed E-state index contributed by atoms with van der Waals surface area (Å²) in [6.45, 7) is 8.86. The third-order valence-electron chi connectivity index (χ3n) is 7.23. The molecule has 0 spiro atoms. The lowest BCUT2D eigenvalue weighted by atomic mass is 9.93. The van der Waals surface area contributed by atoms with Gasteiger partial charge in [-0.3, -0.25) is 9.91 Å². The first-order chi connectivity index (χ1) is 17.2. The fourth-order valence-electron chi connectivity index (χ4n) is 5.26. The number of hydrogen-bond acceptors (Lipinski definition) is 6. The van der Waals surface area contributed by atoms with Crippen LogP contribution in [0.25, 0.3) is 22.0 Å². The molecule has 2 aromatic rings. The van der Waals surface area contributed by atoms with Crippen LogP contribution in [0.15, 0.2) is 36.7 Å². The number of fused-ring (bicyclic) bond motifs is 3. The minimum absolute atomic E-state index is 0.797. The summed E-state index contributed by atoms with van der Waals surface area (Å²) in [5.74, 6) is 6.62. The highest BCUT2D eigenvalue weighted by Crippen LogP contribution is 2.46. The quantitative estimate of drug-likeness (QED) is 0.408. The third-order valence-corrected chi connectivity index (χ3v) is 8.32. The van der Waals surface area contributed by atoms with E-state index in [1.54, 1.807) is 17.7 Å². The molecule has 0 N–H and O–H groups in total. The van der Waals surface area contributed by atoms with Crippen LogP contribution in [-0.2, 0) is 12.8 Å². The van der Waals surface area contributed by atoms with E-state index in [1.807, 2.05) is 18.2 Å². The van der Waals surface area contributed by atoms with Gasteiger partial charge in [0.25, 0.3) is 0 Å². The number of rotatable bonds is 3. The predicted molar refractivity (Wildman–Crippen MR) is 142 cm³/mol. The molecule has 0 saturated carbocycles. The fourth-order valence-corrected chi connectivity index (χ4v) is 6.25. The molecular weight excluding hydrogens is 452 g/mol. The Kier molecular flexibility index (Phi) is 6.01. The molecule has 0 radical (unpaired) electrons. The summed E-state index contributed by atoms with van der Waals surface area (Å²) in [7, 11) is 0. The van der Waals surface area contributed by atoms with Gasteiger partial charge in [0.05, 0.1) is 12.2 Å². The Morgan fingerprint density at radius 2 is 1.74 bits per heavy atom. The Labute approximate surface area is 210 Å². The monoisotopic (exact) mass is 482 g/mol. The van der Waals surface area contributed by atoms with Crippen molar-refractivity contribution in [1.82, 2.24) is 24.8 Å². The number of aryl methyl sites for hydroxylation is 2. The zero-order chi connectivity index (χ0) is 23.8. The molecule has 0 unspecified atom stereocenters. The molecule has 0 atom stereocenters. The summed E-state index contributed by atoms with van der Waals surface area (Å²) >= 11 is 1.79. The van der Waals surface area contributed by atoms with Crippen molar-refractivity contribution in [1.29, 1.82) is 0 Å². The van der Waals surface area contributed by atoms with Crippen LogP contribution in [-0.4, -0.2) is 57.5 Å². The van der Waals surface area contributed by atoms with E-state index in [2.05, 4.69) is 52.5 Å². The third kappa shape index (κ3) is 4.22. The van der Waals surface area contributed by atoms with Crippen LogP contribution in [0.2, 0.25) is 0 Å². The molecule has 1 aromatic carbocycles. The molecule has 3 heterocycles. The highest BCUT2D eigenvalue weighted by molar-refractivity contribution is 7.15. The van der Waals surface area contributed by atoms with Gasteiger partial charge in [0.1, 0.15) is 22.7 Å². The standard InChI is InChI=1S/C28H30N6S/c1-20-21(2)35-28(31-20)25-23-12-6-7-13-24(23)27-26(25)29-19-30-34(27)33-17-15-32(16-18-33)14-8-11-22-9-4-3-5-10-22/h3-5,9-10,19H,6-7,12-18H2,1-2H3. The first-order valence-corrected chi connectivity index (χ1v) is 13.3. The average molecular weight is 483 g/mol. The van der Waals surface area contributed by atoms with Gasteiger partial charge in [-0.2, -0.15) is 4.79 Å². The Hall–Kier alpha value is -3.21. The van der Waals surface area contributed by atoms with Crippen molar-refractivity contribution in [2.24, 2.45) is 0 Å². The van der Waals surface area contributed by atoms with Crippen molar-refractivity contribution in [3.05, 3.63) is 63.9 Å². The lowest BCUT2D eigenvalue weighted by Gasteiger charge is -2.36. The molecule has 7 heteroatoms. The van der Waals surface area contributed by atoms with Crippen LogP contribution in [0.5, 0.6) is 0 Å². The molecular formula is C28H30N6S. The van der Waals surface area contributed by atoms with Gasteiger partial charge >= 0.3 is 0 Å². The van der Waals surface area contributed by atoms with Gasteiger partial charge in [-0.1, -0.05) is 30.0 Å². The maximum absolute atomic E-state index is 4.93. The molecule has 1 aromatic heterocycles. The van der Waals surface area contributed by atoms with Gasteiger partial charge in [-0.25, -0.2) is 9.97 Å². The van der Waals surface area contributed by atoms with Crippen molar-refractivity contribution < 1.29 is 0 Å². The van der Waals surface area contributed by atoms with Crippen molar-refractivity contribution >= 4 is 11.3 Å². The molecule has 6 nitrogen and oxygen atoms in total. The number of nitrogens with zero attached hydrogens (tertiary/aromatic N) is 6. The number of benzene rings is 1. The van der Waals surface area contributed by atoms with E-state index >= 15 is 0 Å². The average Bonchev–Trinajstić information content (AvgIpc) is 3.41. The Balaban J connectivity index is 1.26. The van der Waals surface area contributed by atoms with Gasteiger partial charge < -0.3 is 0 Å². The van der Waals surface area contributed by atoms with Gasteiger partial charge in [0.15, 0.2) is 0 Å². The molecule has 0 bridgehead atoms. The van der Waals surface area contributed by atoms with E-state index < -0.39 is 0 Å². The normalized spacial score (nSPS) is 16.2. The largest absolute Gasteiger partial charge is 0.294 e. The first-order valence-electron chi connectivity index (χ1n) is 12.5. The molecule has 1 fully saturated rings. The van der Waals surface area contributed by atoms with E-state index in [-0.39, 0.29) is 0 Å². The molecule has 2 aliphatic carbocycles. The number of aromatic nitrogens is 4. The minimum Gasteiger partial charge on any atom is -0.294 e. The molecule has 0 amide bonds. The van der Waals surface area contributed by atoms with E-state index in [9.17, 15) is 0 Å². The van der Waals surface area contributed by atoms with Crippen molar-refractivity contribution in [3.8, 4) is 33.8 Å². The molecule has 4 aliphatic rings. The first kappa shape index (κ1) is 22.3. The zero-order valence-electron chi connectivity index (χ0n) is 20.4. The van der Waals surface area contributed by atoms with Crippen molar-refractivity contribution in [2.75, 3.05) is 37.7 Å². The summed E-state index contributed by atoms with van der Waals surface area (Å²) in [6.07, 6.45) is 6.38. The second-order valence-electron chi connectivity index (χ2n) is 9.44. The number of hydrogen-bond donors (Lipinski definition) is 0. The lowest BCUT2D eigenvalue weighted by molar-refractivity contribution is 0.260. The lowest BCUT2D eigenvalue weighted by Crippen LogP contribution is -2.52. The number of thiazole rings is 1. The maximum Gasteiger partial charge on any atom is 0.138 e. The van der Waals surface area contributed by atoms with E-state index in [1.165, 1.54) is 40.1 Å². The Morgan fingerprint density at radius 3 is 2.49 bits per heavy atom. The summed E-state index contributed by atoms with van der Waals surface area (Å²) < 4.78 is 0. The van der Waals surface area contributed by atoms with E-state index in [4.69, 9.17) is 15.1 Å². The highest BCUT2D eigenvalue weighted by atomic mass is 32.1. The van der Waals surface area contributed by atoms with E-state index in [0.717, 1.165) is 67.5 Å². The van der Waals surface area contributed by atoms with Crippen LogP contribution in [0.4, 0.5) is 0 Å². The van der Waals surface area contributed by atoms with Crippen LogP contribution in [0, 0.1) is 25.7 Å². The second-order valence-corrected chi connectivity index (χ2v) is 10.6. The van der Waals surface area contributed by atoms with Crippen LogP contribution < -0.4 is 5.01 Å². The molecule has 6 rings (SSSR count). The van der Waals surface area contributed by atoms with Gasteiger partial charge in [-0.15, -0.1) is 16.4 Å². The second kappa shape index (κ2) is 9.44. The molecule has 2 aliphatic heterocycles. The highest BCUT2D eigenvalue weighted by Gasteiger charge is 2.33. The van der Waals surface area contributed by atoms with Crippen molar-refractivity contribution in [2.45, 2.75) is 39.5 Å². The smallest absolute Gasteiger partial charge is 0.138 e. The van der Waals surface area contributed by atoms with Gasteiger partial charge in [0, 0.05) is 42.2 Å². The predicted octanol–water partition coefficient (Wildman–Crippen LogP) is 4.31. The minimum atomic E-state index is 0.797. The van der Waals surface area contributed by atoms with E-state index in [0.29, 0.717) is 0 Å². The molecule has 35 heavy (non-hydrogen) atoms. The summed E-state index contributed by atoms with van der Waals surface area (Å²) in [6, 6.07) is 10.2. The fraction of sp³-hybridized carbons (Fsp3) is 0.393. The zero-order valence-corrected chi connectivity index (χ0v) is 21.2. The van der Waals surface area contributed by atoms with Gasteiger partial charge in [0.2, 0.25) is 0 Å². The topological polar surface area (TPSA) is 50.1 Å². The molecule has 1 saturated heterocycles. The van der Waals surface area contributed by atoms with Crippen LogP contribution >= 0.6 is 11.3 Å². The maximum atomic E-state index is 4.93. The summed E-state index contributed by atoms with van der Waals surface area (Å²) in [4.78, 5) is 15.6.